The number of carbonyl (C=O) groups is 3. The number of hydrogen-bond acceptors (Lipinski definition) is 7. The summed E-state index contributed by atoms with van der Waals surface area (Å²) < 4.78 is 9.78. The Morgan fingerprint density at radius 2 is 1.08 bits per heavy atom. The number of nitrogens with zero attached hydrogens (tertiary/aromatic N) is 2. The van der Waals surface area contributed by atoms with Gasteiger partial charge < -0.3 is 32.8 Å². The molecular formula is C25H32K2N4O5. The Hall–Kier alpha value is -0.157. The Labute approximate surface area is 299 Å². The second-order valence-electron chi connectivity index (χ2n) is 8.73. The molecule has 2 N–H and O–H groups in total. The maximum absolute atomic E-state index is 12.7. The van der Waals surface area contributed by atoms with Crippen molar-refractivity contribution in [1.82, 2.24) is 20.4 Å². The van der Waals surface area contributed by atoms with E-state index in [0.29, 0.717) is 26.2 Å². The largest absolute Gasteiger partial charge is 1.00 e. The van der Waals surface area contributed by atoms with Gasteiger partial charge in [-0.3, -0.25) is 0 Å². The van der Waals surface area contributed by atoms with Crippen LogP contribution in [0.5, 0.6) is 0 Å². The van der Waals surface area contributed by atoms with Crippen LogP contribution in [0.25, 0.3) is 0 Å². The summed E-state index contributed by atoms with van der Waals surface area (Å²) in [4.78, 5) is 40.6. The first kappa shape index (κ1) is 32.1. The molecule has 2 aliphatic rings. The van der Waals surface area contributed by atoms with Gasteiger partial charge in [-0.05, 0) is 25.0 Å². The zero-order chi connectivity index (χ0) is 24.1. The molecule has 2 saturated heterocycles. The van der Waals surface area contributed by atoms with Crippen molar-refractivity contribution in [3.05, 3.63) is 71.8 Å². The molecule has 0 saturated carbocycles. The van der Waals surface area contributed by atoms with Gasteiger partial charge in [0.05, 0.1) is 12.1 Å². The summed E-state index contributed by atoms with van der Waals surface area (Å²) >= 11 is 0. The predicted molar refractivity (Wildman–Crippen MR) is 127 cm³/mol. The van der Waals surface area contributed by atoms with Crippen LogP contribution in [0.15, 0.2) is 60.7 Å². The van der Waals surface area contributed by atoms with Gasteiger partial charge in [-0.25, -0.2) is 14.4 Å². The van der Waals surface area contributed by atoms with Crippen LogP contribution in [0.2, 0.25) is 0 Å². The Bertz CT molecular complexity index is 946. The van der Waals surface area contributed by atoms with E-state index < -0.39 is 18.3 Å². The topological polar surface area (TPSA) is 100 Å². The van der Waals surface area contributed by atoms with Crippen LogP contribution in [0, 0.1) is 0 Å². The zero-order valence-electron chi connectivity index (χ0n) is 23.3. The van der Waals surface area contributed by atoms with Gasteiger partial charge >= 0.3 is 121 Å². The van der Waals surface area contributed by atoms with Crippen molar-refractivity contribution in [2.45, 2.75) is 38.0 Å². The third-order valence-electron chi connectivity index (χ3n) is 6.36. The van der Waals surface area contributed by atoms with Gasteiger partial charge in [0.15, 0.2) is 0 Å². The van der Waals surface area contributed by atoms with Crippen LogP contribution in [-0.4, -0.2) is 66.4 Å². The number of ether oxygens (including phenoxy) is 2. The van der Waals surface area contributed by atoms with Gasteiger partial charge in [0.1, 0.15) is 0 Å². The minimum Gasteiger partial charge on any atom is -1.00 e. The van der Waals surface area contributed by atoms with Crippen molar-refractivity contribution in [1.29, 1.82) is 0 Å². The first-order valence-electron chi connectivity index (χ1n) is 11.5. The molecule has 0 bridgehead atoms. The number of carbonyl (C=O) groups excluding carboxylic acids is 3. The molecule has 11 heteroatoms. The zero-order valence-corrected chi connectivity index (χ0v) is 27.6. The van der Waals surface area contributed by atoms with Crippen LogP contribution in [-0.2, 0) is 9.47 Å². The Kier molecular flexibility index (Phi) is 13.7. The second-order valence-corrected chi connectivity index (χ2v) is 8.73. The van der Waals surface area contributed by atoms with Gasteiger partial charge in [0, 0.05) is 38.3 Å². The Morgan fingerprint density at radius 1 is 0.722 bits per heavy atom. The van der Waals surface area contributed by atoms with Crippen molar-refractivity contribution < 1.29 is 129 Å². The molecule has 2 fully saturated rings. The fourth-order valence-electron chi connectivity index (χ4n) is 4.34. The quantitative estimate of drug-likeness (QED) is 0.248. The SMILES string of the molecule is C[C@@H]1CN[C@@H](c2ccccc2)CN1C(=O)OC(=O)OC(=O)N1C[C@H](c2ccccc2)NC[C@H]1C.[H-].[H-].[K+].[K+]. The number of piperazine rings is 2. The van der Waals surface area contributed by atoms with Gasteiger partial charge in [0.25, 0.3) is 0 Å². The van der Waals surface area contributed by atoms with E-state index in [4.69, 9.17) is 9.47 Å². The fourth-order valence-corrected chi connectivity index (χ4v) is 4.34. The van der Waals surface area contributed by atoms with Crippen LogP contribution >= 0.6 is 0 Å². The maximum atomic E-state index is 12.7. The van der Waals surface area contributed by atoms with Crippen molar-refractivity contribution in [3.8, 4) is 0 Å². The smallest absolute Gasteiger partial charge is 1.00 e. The number of rotatable bonds is 2. The first-order chi connectivity index (χ1) is 16.4. The normalized spacial score (nSPS) is 23.5. The summed E-state index contributed by atoms with van der Waals surface area (Å²) in [7, 11) is 0. The molecule has 36 heavy (non-hydrogen) atoms. The second kappa shape index (κ2) is 15.4. The molecule has 184 valence electrons. The summed E-state index contributed by atoms with van der Waals surface area (Å²) in [6.45, 7) is 5.47. The van der Waals surface area contributed by atoms with E-state index in [0.717, 1.165) is 11.1 Å². The minimum absolute atomic E-state index is 0. The molecule has 0 spiro atoms. The number of benzene rings is 2. The average Bonchev–Trinajstić information content (AvgIpc) is 2.85. The van der Waals surface area contributed by atoms with Crippen LogP contribution < -0.4 is 113 Å². The third-order valence-corrected chi connectivity index (χ3v) is 6.36. The molecular weight excluding hydrogens is 514 g/mol. The molecule has 2 heterocycles. The predicted octanol–water partition coefficient (Wildman–Crippen LogP) is -2.32. The maximum Gasteiger partial charge on any atom is 1.00 e. The van der Waals surface area contributed by atoms with Crippen LogP contribution in [0.4, 0.5) is 14.4 Å². The van der Waals surface area contributed by atoms with Crippen LogP contribution in [0.1, 0.15) is 39.9 Å². The standard InChI is InChI=1S/C25H30N4O5.2K.2H/c1-17-13-26-21(19-9-5-3-6-10-19)15-28(17)23(30)33-25(32)34-24(31)29-16-22(27-14-18(29)2)20-11-7-4-8-12-20;;;;/h3-12,17-18,21-22,26-27H,13-16H2,1-2H3;;;;/q;2*+1;2*-1/t17-,18-,21-,22-;;;;/m1..../s1. The molecule has 9 nitrogen and oxygen atoms in total. The third kappa shape index (κ3) is 8.42. The van der Waals surface area contributed by atoms with E-state index in [2.05, 4.69) is 10.6 Å². The fraction of sp³-hybridized carbons (Fsp3) is 0.400. The molecule has 2 aromatic rings. The summed E-state index contributed by atoms with van der Waals surface area (Å²) in [6, 6.07) is 18.9. The van der Waals surface area contributed by atoms with E-state index in [1.807, 2.05) is 74.5 Å². The molecule has 4 rings (SSSR count). The summed E-state index contributed by atoms with van der Waals surface area (Å²) in [5.41, 5.74) is 2.07. The molecule has 0 unspecified atom stereocenters. The molecule has 0 radical (unpaired) electrons. The molecule has 2 aromatic carbocycles. The Balaban J connectivity index is 0.00000342. The van der Waals surface area contributed by atoms with E-state index in [1.54, 1.807) is 0 Å². The monoisotopic (exact) mass is 546 g/mol. The van der Waals surface area contributed by atoms with Crippen molar-refractivity contribution >= 4 is 18.3 Å². The average molecular weight is 547 g/mol. The summed E-state index contributed by atoms with van der Waals surface area (Å²) in [5, 5.41) is 6.78. The van der Waals surface area contributed by atoms with Gasteiger partial charge in [-0.15, -0.1) is 0 Å². The van der Waals surface area contributed by atoms with Crippen molar-refractivity contribution in [3.63, 3.8) is 0 Å². The molecule has 4 atom stereocenters. The van der Waals surface area contributed by atoms with Crippen molar-refractivity contribution in [2.75, 3.05) is 26.2 Å². The molecule has 0 aliphatic carbocycles. The van der Waals surface area contributed by atoms with Crippen LogP contribution in [0.3, 0.4) is 0 Å². The van der Waals surface area contributed by atoms with E-state index >= 15 is 0 Å². The molecule has 2 aliphatic heterocycles. The van der Waals surface area contributed by atoms with Crippen molar-refractivity contribution in [2.24, 2.45) is 0 Å². The van der Waals surface area contributed by atoms with E-state index in [1.165, 1.54) is 9.80 Å². The number of hydrogen-bond donors (Lipinski definition) is 2. The van der Waals surface area contributed by atoms with E-state index in [9.17, 15) is 14.4 Å². The number of amides is 2. The van der Waals surface area contributed by atoms with E-state index in [-0.39, 0.29) is 130 Å². The van der Waals surface area contributed by atoms with Gasteiger partial charge in [-0.1, -0.05) is 60.7 Å². The minimum atomic E-state index is -1.32. The van der Waals surface area contributed by atoms with Gasteiger partial charge in [-0.2, -0.15) is 0 Å². The molecule has 0 aromatic heterocycles. The number of nitrogens with one attached hydrogen (secondary N) is 2. The van der Waals surface area contributed by atoms with Gasteiger partial charge in [0.2, 0.25) is 0 Å². The Morgan fingerprint density at radius 3 is 1.44 bits per heavy atom. The summed E-state index contributed by atoms with van der Waals surface area (Å²) in [5.74, 6) is 0. The molecule has 2 amide bonds. The summed E-state index contributed by atoms with van der Waals surface area (Å²) in [6.07, 6.45) is -2.98. The first-order valence-corrected chi connectivity index (χ1v) is 11.5.